The Labute approximate surface area is 404 Å². The highest BCUT2D eigenvalue weighted by atomic mass is 16.5. The lowest BCUT2D eigenvalue weighted by Gasteiger charge is -2.60. The number of fused-ring (bicyclic) bond motifs is 4. The van der Waals surface area contributed by atoms with E-state index in [0.717, 1.165) is 11.1 Å². The second-order valence-corrected chi connectivity index (χ2v) is 18.6. The van der Waals surface area contributed by atoms with Gasteiger partial charge >= 0.3 is 23.9 Å². The van der Waals surface area contributed by atoms with Gasteiger partial charge in [0.2, 0.25) is 0 Å². The fourth-order valence-corrected chi connectivity index (χ4v) is 12.5. The molecule has 8 unspecified atom stereocenters. The minimum Gasteiger partial charge on any atom is -0.468 e. The third-order valence-electron chi connectivity index (χ3n) is 14.9. The summed E-state index contributed by atoms with van der Waals surface area (Å²) in [6, 6.07) is 24.6. The van der Waals surface area contributed by atoms with Crippen LogP contribution in [-0.4, -0.2) is 144 Å². The molecule has 0 amide bonds. The van der Waals surface area contributed by atoms with Crippen molar-refractivity contribution in [2.24, 2.45) is 21.7 Å². The highest BCUT2D eigenvalue weighted by molar-refractivity contribution is 6.18. The molecule has 4 aliphatic rings. The van der Waals surface area contributed by atoms with E-state index < -0.39 is 81.3 Å². The lowest BCUT2D eigenvalue weighted by Crippen LogP contribution is -2.75. The number of likely N-dealkylation sites (tertiary alicyclic amines) is 4. The summed E-state index contributed by atoms with van der Waals surface area (Å²) in [5.41, 5.74) is -4.65. The summed E-state index contributed by atoms with van der Waals surface area (Å²) in [6.07, 6.45) is 6.35. The van der Waals surface area contributed by atoms with E-state index in [4.69, 9.17) is 18.9 Å². The van der Waals surface area contributed by atoms with Crippen LogP contribution in [0.25, 0.3) is 0 Å². The van der Waals surface area contributed by atoms with Gasteiger partial charge in [0.25, 0.3) is 0 Å². The van der Waals surface area contributed by atoms with Crippen LogP contribution in [0.2, 0.25) is 0 Å². The number of methoxy groups -OCH3 is 4. The number of esters is 4. The molecule has 18 nitrogen and oxygen atoms in total. The molecule has 0 N–H and O–H groups in total. The Morgan fingerprint density at radius 1 is 0.457 bits per heavy atom. The summed E-state index contributed by atoms with van der Waals surface area (Å²) in [7, 11) is 8.40. The van der Waals surface area contributed by atoms with Crippen LogP contribution < -0.4 is 0 Å². The number of nitrogens with zero attached hydrogens (tertiary/aromatic N) is 8. The molecule has 8 heterocycles. The standard InChI is InChI=1S/C52H54N8O10/c1-57-39(35-18-7-11-22-53-35)49(45(63)67-3)29-59(30-50(43(49)61,46(64)68-4)40(57)36-19-8-12-23-54-36)27-33-16-15-17-34(26-33)28-60-31-51(47(65)69-5)41(37-20-9-13-24-55-37)58(2)42(38-21-10-14-25-56-38)52(32-60,44(51)62)48(66)70-6/h7-26,39-42H,27-32H2,1-6H3. The molecule has 4 fully saturated rings. The monoisotopic (exact) mass is 950 g/mol. The molecule has 4 aromatic heterocycles. The molecule has 4 aliphatic heterocycles. The van der Waals surface area contributed by atoms with Gasteiger partial charge in [0, 0.05) is 64.1 Å². The second kappa shape index (κ2) is 18.7. The van der Waals surface area contributed by atoms with Crippen molar-refractivity contribution in [1.29, 1.82) is 0 Å². The molecule has 0 spiro atoms. The maximum atomic E-state index is 15.6. The number of carbonyl (C=O) groups is 6. The molecular formula is C52H54N8O10. The largest absolute Gasteiger partial charge is 0.468 e. The van der Waals surface area contributed by atoms with Gasteiger partial charge in [-0.3, -0.25) is 68.3 Å². The van der Waals surface area contributed by atoms with E-state index in [1.165, 1.54) is 28.4 Å². The predicted molar refractivity (Wildman–Crippen MR) is 248 cm³/mol. The van der Waals surface area contributed by atoms with E-state index >= 15 is 9.59 Å². The zero-order valence-electron chi connectivity index (χ0n) is 39.8. The highest BCUT2D eigenvalue weighted by Crippen LogP contribution is 2.62. The third kappa shape index (κ3) is 7.14. The SMILES string of the molecule is COC(=O)C12CN(Cc3cccc(CN4CC5(C(=O)OC)C(=O)C(C(=O)OC)(C4)C(c4ccccn4)N(C)C5c4ccccn4)c3)CC(C(=O)OC)(C1=O)C(c1ccccn1)N(C)C2c1ccccn1. The Morgan fingerprint density at radius 3 is 0.957 bits per heavy atom. The zero-order chi connectivity index (χ0) is 49.6. The average molecular weight is 951 g/mol. The Morgan fingerprint density at radius 2 is 0.729 bits per heavy atom. The molecule has 8 atom stereocenters. The van der Waals surface area contributed by atoms with Crippen LogP contribution >= 0.6 is 0 Å². The minimum atomic E-state index is -1.96. The van der Waals surface area contributed by atoms with Crippen molar-refractivity contribution >= 4 is 35.4 Å². The lowest BCUT2D eigenvalue weighted by molar-refractivity contribution is -0.206. The molecule has 362 valence electrons. The molecule has 1 aromatic carbocycles. The van der Waals surface area contributed by atoms with Crippen LogP contribution in [0.15, 0.2) is 122 Å². The average Bonchev–Trinajstić information content (AvgIpc) is 3.38. The number of pyridine rings is 4. The van der Waals surface area contributed by atoms with Crippen molar-refractivity contribution in [2.45, 2.75) is 37.3 Å². The number of benzene rings is 1. The molecule has 9 rings (SSSR count). The number of ether oxygens (including phenoxy) is 4. The van der Waals surface area contributed by atoms with Crippen molar-refractivity contribution < 1.29 is 47.7 Å². The first-order valence-corrected chi connectivity index (χ1v) is 22.8. The van der Waals surface area contributed by atoms with Gasteiger partial charge in [0.05, 0.1) is 75.4 Å². The Kier molecular flexibility index (Phi) is 12.8. The Balaban J connectivity index is 1.14. The van der Waals surface area contributed by atoms with Crippen LogP contribution in [0.3, 0.4) is 0 Å². The van der Waals surface area contributed by atoms with Crippen LogP contribution in [0, 0.1) is 21.7 Å². The summed E-state index contributed by atoms with van der Waals surface area (Å²) >= 11 is 0. The Bertz CT molecular complexity index is 2470. The van der Waals surface area contributed by atoms with Crippen molar-refractivity contribution in [3.05, 3.63) is 156 Å². The fourth-order valence-electron chi connectivity index (χ4n) is 12.5. The van der Waals surface area contributed by atoms with Crippen LogP contribution in [0.5, 0.6) is 0 Å². The number of aromatic nitrogens is 4. The summed E-state index contributed by atoms with van der Waals surface area (Å²) in [5, 5.41) is 0. The molecule has 0 radical (unpaired) electrons. The van der Waals surface area contributed by atoms with E-state index in [9.17, 15) is 19.2 Å². The van der Waals surface area contributed by atoms with E-state index in [1.54, 1.807) is 112 Å². The molecule has 0 saturated carbocycles. The number of piperidine rings is 4. The van der Waals surface area contributed by atoms with Crippen molar-refractivity contribution in [1.82, 2.24) is 39.5 Å². The first kappa shape index (κ1) is 47.9. The minimum absolute atomic E-state index is 0.142. The molecule has 70 heavy (non-hydrogen) atoms. The van der Waals surface area contributed by atoms with Gasteiger partial charge in [-0.15, -0.1) is 0 Å². The van der Waals surface area contributed by atoms with Crippen LogP contribution in [0.4, 0.5) is 0 Å². The molecule has 5 aromatic rings. The maximum Gasteiger partial charge on any atom is 0.322 e. The number of Topliss-reactive ketones (excluding diaryl/α,β-unsaturated/α-hetero) is 2. The van der Waals surface area contributed by atoms with Gasteiger partial charge in [0.1, 0.15) is 0 Å². The van der Waals surface area contributed by atoms with E-state index in [1.807, 2.05) is 43.9 Å². The number of hydrogen-bond donors (Lipinski definition) is 0. The first-order chi connectivity index (χ1) is 33.8. The molecule has 4 saturated heterocycles. The molecule has 4 bridgehead atoms. The fraction of sp³-hybridized carbons (Fsp3) is 0.385. The van der Waals surface area contributed by atoms with Gasteiger partial charge in [-0.25, -0.2) is 0 Å². The van der Waals surface area contributed by atoms with E-state index in [-0.39, 0.29) is 39.3 Å². The summed E-state index contributed by atoms with van der Waals surface area (Å²) < 4.78 is 22.0. The van der Waals surface area contributed by atoms with Gasteiger partial charge in [-0.05, 0) is 73.8 Å². The lowest BCUT2D eigenvalue weighted by atomic mass is 9.54. The van der Waals surface area contributed by atoms with E-state index in [0.29, 0.717) is 22.8 Å². The topological polar surface area (TPSA) is 204 Å². The number of rotatable bonds is 12. The van der Waals surface area contributed by atoms with Gasteiger partial charge in [-0.1, -0.05) is 48.5 Å². The number of carbonyl (C=O) groups excluding carboxylic acids is 6. The zero-order valence-corrected chi connectivity index (χ0v) is 39.8. The van der Waals surface area contributed by atoms with Gasteiger partial charge in [0.15, 0.2) is 33.2 Å². The summed E-state index contributed by atoms with van der Waals surface area (Å²) in [4.78, 5) is 115. The van der Waals surface area contributed by atoms with Crippen molar-refractivity contribution in [2.75, 3.05) is 68.7 Å². The second-order valence-electron chi connectivity index (χ2n) is 18.6. The van der Waals surface area contributed by atoms with Crippen LogP contribution in [-0.2, 0) is 60.8 Å². The van der Waals surface area contributed by atoms with Crippen molar-refractivity contribution in [3.8, 4) is 0 Å². The molecule has 18 heteroatoms. The third-order valence-corrected chi connectivity index (χ3v) is 14.9. The van der Waals surface area contributed by atoms with E-state index in [2.05, 4.69) is 19.9 Å². The quantitative estimate of drug-likeness (QED) is 0.0997. The maximum absolute atomic E-state index is 15.6. The van der Waals surface area contributed by atoms with Crippen LogP contribution in [0.1, 0.15) is 58.1 Å². The summed E-state index contributed by atoms with van der Waals surface area (Å²) in [6.45, 7) is -0.268. The predicted octanol–water partition coefficient (Wildman–Crippen LogP) is 3.53. The summed E-state index contributed by atoms with van der Waals surface area (Å²) in [5.74, 6) is -4.58. The number of hydrogen-bond acceptors (Lipinski definition) is 18. The highest BCUT2D eigenvalue weighted by Gasteiger charge is 2.77. The van der Waals surface area contributed by atoms with Gasteiger partial charge in [-0.2, -0.15) is 0 Å². The number of ketones is 2. The Hall–Kier alpha value is -7.12. The normalized spacial score (nSPS) is 29.2. The smallest absolute Gasteiger partial charge is 0.322 e. The molecule has 0 aliphatic carbocycles. The van der Waals surface area contributed by atoms with Gasteiger partial charge < -0.3 is 18.9 Å². The molecular weight excluding hydrogens is 897 g/mol. The van der Waals surface area contributed by atoms with Crippen molar-refractivity contribution in [3.63, 3.8) is 0 Å². The first-order valence-electron chi connectivity index (χ1n) is 22.8.